The minimum absolute atomic E-state index is 0.0154. The van der Waals surface area contributed by atoms with E-state index in [2.05, 4.69) is 26.0 Å². The average Bonchev–Trinajstić information content (AvgIpc) is 2.94. The highest BCUT2D eigenvalue weighted by molar-refractivity contribution is 9.11. The Bertz CT molecular complexity index is 678. The van der Waals surface area contributed by atoms with Crippen molar-refractivity contribution < 1.29 is 23.0 Å². The molecule has 1 N–H and O–H groups in total. The second kappa shape index (κ2) is 8.26. The summed E-state index contributed by atoms with van der Waals surface area (Å²) in [5.74, 6) is 0.0610. The van der Waals surface area contributed by atoms with Gasteiger partial charge in [-0.25, -0.2) is 0 Å². The normalized spacial score (nSPS) is 10.7. The minimum Gasteiger partial charge on any atom is -0.493 e. The number of halogens is 3. The van der Waals surface area contributed by atoms with Crippen molar-refractivity contribution in [1.29, 1.82) is 0 Å². The molecule has 23 heavy (non-hydrogen) atoms. The van der Waals surface area contributed by atoms with Gasteiger partial charge in [-0.1, -0.05) is 6.07 Å². The topological polar surface area (TPSA) is 47.6 Å². The Hall–Kier alpha value is -1.67. The second-order valence-corrected chi connectivity index (χ2v) is 6.80. The number of alkyl halides is 2. The van der Waals surface area contributed by atoms with Crippen molar-refractivity contribution >= 4 is 33.2 Å². The SMILES string of the molecule is COc1cc(CCNC(=O)c2csc(Br)c2)ccc1OC(F)F. The Balaban J connectivity index is 1.91. The van der Waals surface area contributed by atoms with Gasteiger partial charge in [0.2, 0.25) is 0 Å². The summed E-state index contributed by atoms with van der Waals surface area (Å²) in [7, 11) is 1.38. The van der Waals surface area contributed by atoms with Crippen molar-refractivity contribution in [3.05, 3.63) is 44.6 Å². The average molecular weight is 406 g/mol. The zero-order valence-corrected chi connectivity index (χ0v) is 14.5. The van der Waals surface area contributed by atoms with Crippen molar-refractivity contribution in [3.8, 4) is 11.5 Å². The molecule has 8 heteroatoms. The Morgan fingerprint density at radius 3 is 2.74 bits per heavy atom. The maximum atomic E-state index is 12.3. The standard InChI is InChI=1S/C15H14BrF2NO3S/c1-21-12-6-9(2-3-11(12)22-15(17)18)4-5-19-14(20)10-7-13(16)23-8-10/h2-3,6-8,15H,4-5H2,1H3,(H,19,20). The lowest BCUT2D eigenvalue weighted by molar-refractivity contribution is -0.0512. The number of nitrogens with one attached hydrogen (secondary N) is 1. The molecule has 0 spiro atoms. The van der Waals surface area contributed by atoms with Crippen LogP contribution in [-0.4, -0.2) is 26.2 Å². The third-order valence-corrected chi connectivity index (χ3v) is 4.48. The number of hydrogen-bond acceptors (Lipinski definition) is 4. The van der Waals surface area contributed by atoms with E-state index in [1.807, 2.05) is 0 Å². The van der Waals surface area contributed by atoms with Crippen LogP contribution in [0.3, 0.4) is 0 Å². The van der Waals surface area contributed by atoms with E-state index in [1.165, 1.54) is 24.5 Å². The Labute approximate surface area is 144 Å². The van der Waals surface area contributed by atoms with Gasteiger partial charge in [0.25, 0.3) is 5.91 Å². The molecule has 4 nitrogen and oxygen atoms in total. The molecule has 0 radical (unpaired) electrons. The molecule has 1 heterocycles. The van der Waals surface area contributed by atoms with Gasteiger partial charge in [-0.15, -0.1) is 11.3 Å². The lowest BCUT2D eigenvalue weighted by atomic mass is 10.1. The molecule has 0 atom stereocenters. The quantitative estimate of drug-likeness (QED) is 0.754. The van der Waals surface area contributed by atoms with E-state index in [9.17, 15) is 13.6 Å². The first-order chi connectivity index (χ1) is 11.0. The largest absolute Gasteiger partial charge is 0.493 e. The van der Waals surface area contributed by atoms with Crippen molar-refractivity contribution in [3.63, 3.8) is 0 Å². The first-order valence-electron chi connectivity index (χ1n) is 6.63. The summed E-state index contributed by atoms with van der Waals surface area (Å²) < 4.78 is 34.8. The van der Waals surface area contributed by atoms with E-state index in [4.69, 9.17) is 4.74 Å². The Kier molecular flexibility index (Phi) is 6.35. The molecule has 2 aromatic rings. The van der Waals surface area contributed by atoms with Crippen LogP contribution in [0.15, 0.2) is 33.4 Å². The molecule has 1 aromatic heterocycles. The summed E-state index contributed by atoms with van der Waals surface area (Å²) in [5.41, 5.74) is 1.44. The summed E-state index contributed by atoms with van der Waals surface area (Å²) in [5, 5.41) is 4.56. The second-order valence-electron chi connectivity index (χ2n) is 4.51. The van der Waals surface area contributed by atoms with Gasteiger partial charge in [-0.05, 0) is 46.1 Å². The fourth-order valence-electron chi connectivity index (χ4n) is 1.91. The third kappa shape index (κ3) is 5.18. The zero-order chi connectivity index (χ0) is 16.8. The van der Waals surface area contributed by atoms with Crippen LogP contribution in [0.5, 0.6) is 11.5 Å². The highest BCUT2D eigenvalue weighted by Gasteiger charge is 2.11. The molecular formula is C15H14BrF2NO3S. The van der Waals surface area contributed by atoms with Gasteiger partial charge in [0, 0.05) is 11.9 Å². The Morgan fingerprint density at radius 1 is 1.35 bits per heavy atom. The van der Waals surface area contributed by atoms with E-state index < -0.39 is 6.61 Å². The molecule has 0 aliphatic carbocycles. The predicted octanol–water partition coefficient (Wildman–Crippen LogP) is 4.09. The van der Waals surface area contributed by atoms with Gasteiger partial charge >= 0.3 is 6.61 Å². The number of rotatable bonds is 7. The van der Waals surface area contributed by atoms with E-state index in [0.717, 1.165) is 9.35 Å². The first kappa shape index (κ1) is 17.7. The summed E-state index contributed by atoms with van der Waals surface area (Å²) in [6.45, 7) is -2.48. The number of hydrogen-bond donors (Lipinski definition) is 1. The minimum atomic E-state index is -2.90. The summed E-state index contributed by atoms with van der Waals surface area (Å²) >= 11 is 4.74. The molecule has 0 saturated carbocycles. The van der Waals surface area contributed by atoms with Crippen molar-refractivity contribution in [2.45, 2.75) is 13.0 Å². The predicted molar refractivity (Wildman–Crippen MR) is 87.7 cm³/mol. The van der Waals surface area contributed by atoms with Gasteiger partial charge < -0.3 is 14.8 Å². The van der Waals surface area contributed by atoms with Crippen LogP contribution in [0, 0.1) is 0 Å². The van der Waals surface area contributed by atoms with Crippen LogP contribution in [0.25, 0.3) is 0 Å². The number of carbonyl (C=O) groups is 1. The van der Waals surface area contributed by atoms with E-state index >= 15 is 0 Å². The summed E-state index contributed by atoms with van der Waals surface area (Å²) in [6, 6.07) is 6.45. The molecule has 0 aliphatic rings. The van der Waals surface area contributed by atoms with Crippen molar-refractivity contribution in [2.75, 3.05) is 13.7 Å². The molecular weight excluding hydrogens is 392 g/mol. The number of carbonyl (C=O) groups excluding carboxylic acids is 1. The highest BCUT2D eigenvalue weighted by atomic mass is 79.9. The number of amides is 1. The maximum Gasteiger partial charge on any atom is 0.387 e. The van der Waals surface area contributed by atoms with Crippen LogP contribution in [0.1, 0.15) is 15.9 Å². The number of methoxy groups -OCH3 is 1. The van der Waals surface area contributed by atoms with Crippen molar-refractivity contribution in [1.82, 2.24) is 5.32 Å². The van der Waals surface area contributed by atoms with Gasteiger partial charge in [0.1, 0.15) is 0 Å². The molecule has 0 fully saturated rings. The van der Waals surface area contributed by atoms with Crippen LogP contribution >= 0.6 is 27.3 Å². The molecule has 0 unspecified atom stereocenters. The zero-order valence-electron chi connectivity index (χ0n) is 12.1. The van der Waals surface area contributed by atoms with Gasteiger partial charge in [0.05, 0.1) is 16.5 Å². The van der Waals surface area contributed by atoms with Gasteiger partial charge in [-0.3, -0.25) is 4.79 Å². The maximum absolute atomic E-state index is 12.3. The smallest absolute Gasteiger partial charge is 0.387 e. The third-order valence-electron chi connectivity index (χ3n) is 2.97. The van der Waals surface area contributed by atoms with E-state index in [1.54, 1.807) is 23.6 Å². The molecule has 1 aromatic carbocycles. The van der Waals surface area contributed by atoms with Gasteiger partial charge in [0.15, 0.2) is 11.5 Å². The number of benzene rings is 1. The van der Waals surface area contributed by atoms with Crippen molar-refractivity contribution in [2.24, 2.45) is 0 Å². The van der Waals surface area contributed by atoms with Crippen LogP contribution in [0.2, 0.25) is 0 Å². The fourth-order valence-corrected chi connectivity index (χ4v) is 3.05. The Morgan fingerprint density at radius 2 is 2.13 bits per heavy atom. The van der Waals surface area contributed by atoms with E-state index in [-0.39, 0.29) is 17.4 Å². The lowest BCUT2D eigenvalue weighted by Gasteiger charge is -2.11. The lowest BCUT2D eigenvalue weighted by Crippen LogP contribution is -2.25. The first-order valence-corrected chi connectivity index (χ1v) is 8.31. The fraction of sp³-hybridized carbons (Fsp3) is 0.267. The highest BCUT2D eigenvalue weighted by Crippen LogP contribution is 2.29. The molecule has 124 valence electrons. The number of ether oxygens (including phenoxy) is 2. The summed E-state index contributed by atoms with van der Waals surface area (Å²) in [4.78, 5) is 11.9. The van der Waals surface area contributed by atoms with Crippen LogP contribution < -0.4 is 14.8 Å². The molecule has 0 aliphatic heterocycles. The monoisotopic (exact) mass is 405 g/mol. The van der Waals surface area contributed by atoms with Crippen LogP contribution in [0.4, 0.5) is 8.78 Å². The molecule has 0 bridgehead atoms. The summed E-state index contributed by atoms with van der Waals surface area (Å²) in [6.07, 6.45) is 0.544. The number of thiophene rings is 1. The molecule has 1 amide bonds. The molecule has 2 rings (SSSR count). The van der Waals surface area contributed by atoms with Crippen LogP contribution in [-0.2, 0) is 6.42 Å². The molecule has 0 saturated heterocycles. The van der Waals surface area contributed by atoms with E-state index in [0.29, 0.717) is 18.5 Å². The van der Waals surface area contributed by atoms with Gasteiger partial charge in [-0.2, -0.15) is 8.78 Å².